The van der Waals surface area contributed by atoms with Crippen molar-refractivity contribution in [2.24, 2.45) is 11.1 Å². The first-order valence-corrected chi connectivity index (χ1v) is 6.97. The van der Waals surface area contributed by atoms with Crippen LogP contribution in [0.3, 0.4) is 0 Å². The molecule has 0 bridgehead atoms. The summed E-state index contributed by atoms with van der Waals surface area (Å²) >= 11 is 0. The monoisotopic (exact) mass is 260 g/mol. The highest BCUT2D eigenvalue weighted by molar-refractivity contribution is 5.98. The number of benzene rings is 1. The zero-order valence-electron chi connectivity index (χ0n) is 12.4. The molecule has 0 saturated carbocycles. The number of carbonyl (C=O) groups excluding carboxylic acids is 1. The summed E-state index contributed by atoms with van der Waals surface area (Å²) in [5.41, 5.74) is 9.46. The van der Waals surface area contributed by atoms with Gasteiger partial charge in [-0.25, -0.2) is 0 Å². The molecule has 0 aliphatic carbocycles. The molecule has 2 rings (SSSR count). The van der Waals surface area contributed by atoms with Crippen LogP contribution in [0.5, 0.6) is 0 Å². The van der Waals surface area contributed by atoms with Gasteiger partial charge >= 0.3 is 0 Å². The van der Waals surface area contributed by atoms with Crippen molar-refractivity contribution in [3.63, 3.8) is 0 Å². The lowest BCUT2D eigenvalue weighted by Crippen LogP contribution is -2.51. The fourth-order valence-electron chi connectivity index (χ4n) is 2.49. The smallest absolute Gasteiger partial charge is 0.244 e. The van der Waals surface area contributed by atoms with Gasteiger partial charge in [0.1, 0.15) is 0 Å². The SMILES string of the molecule is Cc1ccc2c(c1)CCCN2C(=O)C(N)C(C)(C)C. The molecule has 19 heavy (non-hydrogen) atoms. The van der Waals surface area contributed by atoms with Gasteiger partial charge in [-0.3, -0.25) is 4.79 Å². The Balaban J connectivity index is 2.31. The van der Waals surface area contributed by atoms with Crippen LogP contribution in [0.25, 0.3) is 0 Å². The summed E-state index contributed by atoms with van der Waals surface area (Å²) in [4.78, 5) is 14.5. The van der Waals surface area contributed by atoms with Crippen molar-refractivity contribution in [2.75, 3.05) is 11.4 Å². The standard InChI is InChI=1S/C16H24N2O/c1-11-7-8-13-12(10-11)6-5-9-18(13)15(19)14(17)16(2,3)4/h7-8,10,14H,5-6,9,17H2,1-4H3. The number of nitrogens with two attached hydrogens (primary N) is 1. The number of hydrogen-bond acceptors (Lipinski definition) is 2. The lowest BCUT2D eigenvalue weighted by atomic mass is 9.86. The summed E-state index contributed by atoms with van der Waals surface area (Å²) in [5, 5.41) is 0. The van der Waals surface area contributed by atoms with Gasteiger partial charge in [0.25, 0.3) is 0 Å². The third-order valence-electron chi connectivity index (χ3n) is 3.82. The van der Waals surface area contributed by atoms with Crippen LogP contribution in [0.4, 0.5) is 5.69 Å². The average Bonchev–Trinajstić information content (AvgIpc) is 2.34. The van der Waals surface area contributed by atoms with Crippen molar-refractivity contribution in [1.29, 1.82) is 0 Å². The maximum atomic E-state index is 12.6. The summed E-state index contributed by atoms with van der Waals surface area (Å²) in [5.74, 6) is 0.0392. The summed E-state index contributed by atoms with van der Waals surface area (Å²) in [6.07, 6.45) is 2.06. The Morgan fingerprint density at radius 1 is 1.37 bits per heavy atom. The number of aryl methyl sites for hydroxylation is 2. The van der Waals surface area contributed by atoms with Crippen LogP contribution in [-0.2, 0) is 11.2 Å². The normalized spacial score (nSPS) is 17.0. The fourth-order valence-corrected chi connectivity index (χ4v) is 2.49. The van der Waals surface area contributed by atoms with Crippen LogP contribution in [0.15, 0.2) is 18.2 Å². The van der Waals surface area contributed by atoms with Crippen LogP contribution >= 0.6 is 0 Å². The van der Waals surface area contributed by atoms with E-state index in [9.17, 15) is 4.79 Å². The van der Waals surface area contributed by atoms with Crippen molar-refractivity contribution in [1.82, 2.24) is 0 Å². The molecule has 3 nitrogen and oxygen atoms in total. The molecule has 3 heteroatoms. The molecule has 0 saturated heterocycles. The maximum Gasteiger partial charge on any atom is 0.244 e. The van der Waals surface area contributed by atoms with E-state index in [4.69, 9.17) is 5.73 Å². The van der Waals surface area contributed by atoms with Crippen LogP contribution in [-0.4, -0.2) is 18.5 Å². The van der Waals surface area contributed by atoms with Crippen molar-refractivity contribution >= 4 is 11.6 Å². The highest BCUT2D eigenvalue weighted by Gasteiger charge is 2.33. The molecule has 0 spiro atoms. The summed E-state index contributed by atoms with van der Waals surface area (Å²) < 4.78 is 0. The average molecular weight is 260 g/mol. The van der Waals surface area contributed by atoms with E-state index in [-0.39, 0.29) is 11.3 Å². The van der Waals surface area contributed by atoms with Crippen molar-refractivity contribution in [2.45, 2.75) is 46.6 Å². The molecule has 1 atom stereocenters. The van der Waals surface area contributed by atoms with E-state index in [1.807, 2.05) is 25.7 Å². The molecule has 1 aliphatic rings. The quantitative estimate of drug-likeness (QED) is 0.843. The maximum absolute atomic E-state index is 12.6. The van der Waals surface area contributed by atoms with Crippen LogP contribution in [0.1, 0.15) is 38.3 Å². The van der Waals surface area contributed by atoms with Crippen molar-refractivity contribution < 1.29 is 4.79 Å². The third-order valence-corrected chi connectivity index (χ3v) is 3.82. The number of hydrogen-bond donors (Lipinski definition) is 1. The van der Waals surface area contributed by atoms with E-state index in [2.05, 4.69) is 25.1 Å². The summed E-state index contributed by atoms with van der Waals surface area (Å²) in [7, 11) is 0. The number of rotatable bonds is 1. The van der Waals surface area contributed by atoms with Gasteiger partial charge in [-0.1, -0.05) is 38.5 Å². The minimum absolute atomic E-state index is 0.0392. The number of nitrogens with zero attached hydrogens (tertiary/aromatic N) is 1. The lowest BCUT2D eigenvalue weighted by molar-refractivity contribution is -0.122. The molecular formula is C16H24N2O. The van der Waals surface area contributed by atoms with Gasteiger partial charge < -0.3 is 10.6 Å². The van der Waals surface area contributed by atoms with Gasteiger partial charge in [0.05, 0.1) is 6.04 Å². The van der Waals surface area contributed by atoms with E-state index < -0.39 is 6.04 Å². The molecule has 1 amide bonds. The Kier molecular flexibility index (Phi) is 3.68. The zero-order chi connectivity index (χ0) is 14.2. The number of amides is 1. The third kappa shape index (κ3) is 2.81. The molecule has 1 aliphatic heterocycles. The summed E-state index contributed by atoms with van der Waals surface area (Å²) in [6.45, 7) is 8.89. The molecule has 1 aromatic carbocycles. The Hall–Kier alpha value is -1.35. The second kappa shape index (κ2) is 4.97. The molecular weight excluding hydrogens is 236 g/mol. The second-order valence-electron chi connectivity index (χ2n) is 6.57. The zero-order valence-corrected chi connectivity index (χ0v) is 12.4. The van der Waals surface area contributed by atoms with Gasteiger partial charge in [0, 0.05) is 12.2 Å². The van der Waals surface area contributed by atoms with Gasteiger partial charge in [0.15, 0.2) is 0 Å². The minimum Gasteiger partial charge on any atom is -0.319 e. The molecule has 104 valence electrons. The number of fused-ring (bicyclic) bond motifs is 1. The molecule has 0 aromatic heterocycles. The van der Waals surface area contributed by atoms with Crippen LogP contribution in [0.2, 0.25) is 0 Å². The largest absolute Gasteiger partial charge is 0.319 e. The molecule has 1 unspecified atom stereocenters. The van der Waals surface area contributed by atoms with Gasteiger partial charge in [-0.15, -0.1) is 0 Å². The van der Waals surface area contributed by atoms with Gasteiger partial charge in [-0.2, -0.15) is 0 Å². The van der Waals surface area contributed by atoms with E-state index in [0.717, 1.165) is 25.1 Å². The van der Waals surface area contributed by atoms with E-state index >= 15 is 0 Å². The first-order chi connectivity index (χ1) is 8.80. The minimum atomic E-state index is -0.459. The Morgan fingerprint density at radius 3 is 2.68 bits per heavy atom. The van der Waals surface area contributed by atoms with E-state index in [1.54, 1.807) is 0 Å². The van der Waals surface area contributed by atoms with Gasteiger partial charge in [0.2, 0.25) is 5.91 Å². The number of carbonyl (C=O) groups is 1. The first kappa shape index (κ1) is 14.1. The van der Waals surface area contributed by atoms with Crippen molar-refractivity contribution in [3.8, 4) is 0 Å². The lowest BCUT2D eigenvalue weighted by Gasteiger charge is -2.35. The molecule has 1 heterocycles. The molecule has 2 N–H and O–H groups in total. The highest BCUT2D eigenvalue weighted by atomic mass is 16.2. The summed E-state index contributed by atoms with van der Waals surface area (Å²) in [6, 6.07) is 5.83. The molecule has 1 aromatic rings. The topological polar surface area (TPSA) is 46.3 Å². The van der Waals surface area contributed by atoms with Crippen LogP contribution < -0.4 is 10.6 Å². The Bertz CT molecular complexity index is 488. The molecule has 0 fully saturated rings. The predicted molar refractivity (Wildman–Crippen MR) is 79.3 cm³/mol. The highest BCUT2D eigenvalue weighted by Crippen LogP contribution is 2.30. The van der Waals surface area contributed by atoms with Gasteiger partial charge in [-0.05, 0) is 36.8 Å². The second-order valence-corrected chi connectivity index (χ2v) is 6.57. The molecule has 0 radical (unpaired) electrons. The first-order valence-electron chi connectivity index (χ1n) is 6.97. The Morgan fingerprint density at radius 2 is 2.05 bits per heavy atom. The van der Waals surface area contributed by atoms with Crippen LogP contribution in [0, 0.1) is 12.3 Å². The van der Waals surface area contributed by atoms with E-state index in [0.29, 0.717) is 0 Å². The fraction of sp³-hybridized carbons (Fsp3) is 0.562. The number of anilines is 1. The Labute approximate surface area is 115 Å². The van der Waals surface area contributed by atoms with Crippen molar-refractivity contribution in [3.05, 3.63) is 29.3 Å². The van der Waals surface area contributed by atoms with E-state index in [1.165, 1.54) is 11.1 Å². The predicted octanol–water partition coefficient (Wildman–Crippen LogP) is 2.65.